The Hall–Kier alpha value is -0.820. The molecule has 0 spiro atoms. The summed E-state index contributed by atoms with van der Waals surface area (Å²) in [7, 11) is 0. The summed E-state index contributed by atoms with van der Waals surface area (Å²) in [4.78, 5) is 0. The van der Waals surface area contributed by atoms with E-state index in [9.17, 15) is 0 Å². The lowest BCUT2D eigenvalue weighted by Crippen LogP contribution is -2.19. The molecule has 0 N–H and O–H groups in total. The minimum atomic E-state index is 1.11. The van der Waals surface area contributed by atoms with Gasteiger partial charge in [0.25, 0.3) is 0 Å². The third-order valence-electron chi connectivity index (χ3n) is 1.72. The van der Waals surface area contributed by atoms with Crippen LogP contribution < -0.4 is 9.75 Å². The van der Waals surface area contributed by atoms with Crippen molar-refractivity contribution in [1.82, 2.24) is 0 Å². The second kappa shape index (κ2) is 3.72. The van der Waals surface area contributed by atoms with Gasteiger partial charge in [-0.2, -0.15) is 0 Å². The molecule has 1 aromatic rings. The van der Waals surface area contributed by atoms with Gasteiger partial charge in [-0.1, -0.05) is 18.2 Å². The van der Waals surface area contributed by atoms with Crippen molar-refractivity contribution in [3.05, 3.63) is 32.8 Å². The van der Waals surface area contributed by atoms with Gasteiger partial charge in [-0.3, -0.25) is 0 Å². The molecule has 1 rings (SSSR count). The molecule has 0 nitrogen and oxygen atoms in total. The van der Waals surface area contributed by atoms with Gasteiger partial charge in [0.1, 0.15) is 0 Å². The minimum absolute atomic E-state index is 1.11. The number of hydrogen-bond donors (Lipinski definition) is 0. The first-order chi connectivity index (χ1) is 5.65. The van der Waals surface area contributed by atoms with E-state index in [-0.39, 0.29) is 0 Å². The molecule has 0 fully saturated rings. The van der Waals surface area contributed by atoms with Crippen molar-refractivity contribution in [3.8, 4) is 0 Å². The number of rotatable bonds is 1. The van der Waals surface area contributed by atoms with Gasteiger partial charge < -0.3 is 0 Å². The fourth-order valence-electron chi connectivity index (χ4n) is 1.18. The van der Waals surface area contributed by atoms with E-state index in [1.165, 1.54) is 15.3 Å². The van der Waals surface area contributed by atoms with Crippen LogP contribution >= 0.6 is 11.3 Å². The summed E-state index contributed by atoms with van der Waals surface area (Å²) < 4.78 is 1.32. The molecule has 64 valence electrons. The van der Waals surface area contributed by atoms with Gasteiger partial charge in [-0.25, -0.2) is 0 Å². The molecule has 0 aliphatic rings. The SMILES string of the molecule is C=C(C)C=c1scc(C)c1=CC. The van der Waals surface area contributed by atoms with Crippen LogP contribution in [0.5, 0.6) is 0 Å². The first-order valence-electron chi connectivity index (χ1n) is 4.03. The first-order valence-corrected chi connectivity index (χ1v) is 4.91. The smallest absolute Gasteiger partial charge is 0.0344 e. The van der Waals surface area contributed by atoms with E-state index >= 15 is 0 Å². The van der Waals surface area contributed by atoms with Crippen molar-refractivity contribution in [2.75, 3.05) is 0 Å². The van der Waals surface area contributed by atoms with E-state index in [4.69, 9.17) is 0 Å². The molecule has 1 aromatic heterocycles. The van der Waals surface area contributed by atoms with Gasteiger partial charge in [-0.05, 0) is 43.0 Å². The van der Waals surface area contributed by atoms with Crippen LogP contribution in [0, 0.1) is 6.92 Å². The molecular weight excluding hydrogens is 164 g/mol. The zero-order valence-corrected chi connectivity index (χ0v) is 8.66. The second-order valence-corrected chi connectivity index (χ2v) is 3.89. The maximum Gasteiger partial charge on any atom is 0.0344 e. The fourth-order valence-corrected chi connectivity index (χ4v) is 2.28. The van der Waals surface area contributed by atoms with Gasteiger partial charge in [0.2, 0.25) is 0 Å². The highest BCUT2D eigenvalue weighted by atomic mass is 32.1. The summed E-state index contributed by atoms with van der Waals surface area (Å²) in [5, 5.41) is 3.53. The van der Waals surface area contributed by atoms with E-state index in [1.807, 2.05) is 6.92 Å². The molecule has 0 bridgehead atoms. The van der Waals surface area contributed by atoms with Crippen LogP contribution in [0.2, 0.25) is 0 Å². The lowest BCUT2D eigenvalue weighted by atomic mass is 10.2. The van der Waals surface area contributed by atoms with Crippen molar-refractivity contribution >= 4 is 23.5 Å². The number of aryl methyl sites for hydroxylation is 1. The van der Waals surface area contributed by atoms with E-state index in [0.29, 0.717) is 0 Å². The molecular formula is C11H14S. The lowest BCUT2D eigenvalue weighted by molar-refractivity contribution is 1.46. The number of thiophene rings is 1. The Morgan fingerprint density at radius 1 is 1.58 bits per heavy atom. The maximum absolute atomic E-state index is 3.87. The Labute approximate surface area is 77.6 Å². The normalized spacial score (nSPS) is 13.9. The van der Waals surface area contributed by atoms with Crippen LogP contribution in [-0.2, 0) is 0 Å². The molecule has 0 aliphatic heterocycles. The summed E-state index contributed by atoms with van der Waals surface area (Å²) in [5.41, 5.74) is 2.47. The highest BCUT2D eigenvalue weighted by Crippen LogP contribution is 1.94. The average molecular weight is 178 g/mol. The zero-order chi connectivity index (χ0) is 9.14. The van der Waals surface area contributed by atoms with Crippen LogP contribution in [-0.4, -0.2) is 0 Å². The predicted octanol–water partition coefficient (Wildman–Crippen LogP) is 2.21. The van der Waals surface area contributed by atoms with E-state index in [0.717, 1.165) is 5.57 Å². The van der Waals surface area contributed by atoms with Crippen LogP contribution in [0.25, 0.3) is 12.2 Å². The Balaban J connectivity index is 3.46. The summed E-state index contributed by atoms with van der Waals surface area (Å²) in [6.07, 6.45) is 4.29. The van der Waals surface area contributed by atoms with Crippen LogP contribution in [0.1, 0.15) is 19.4 Å². The third-order valence-corrected chi connectivity index (χ3v) is 2.78. The van der Waals surface area contributed by atoms with Crippen molar-refractivity contribution in [2.24, 2.45) is 0 Å². The first kappa shape index (κ1) is 9.27. The Kier molecular flexibility index (Phi) is 2.88. The molecule has 0 amide bonds. The van der Waals surface area contributed by atoms with Gasteiger partial charge in [0.05, 0.1) is 0 Å². The Morgan fingerprint density at radius 2 is 2.25 bits per heavy atom. The highest BCUT2D eigenvalue weighted by molar-refractivity contribution is 7.07. The van der Waals surface area contributed by atoms with Crippen molar-refractivity contribution in [1.29, 1.82) is 0 Å². The molecule has 0 aliphatic carbocycles. The molecule has 0 saturated heterocycles. The van der Waals surface area contributed by atoms with Crippen molar-refractivity contribution in [2.45, 2.75) is 20.8 Å². The monoisotopic (exact) mass is 178 g/mol. The van der Waals surface area contributed by atoms with Crippen molar-refractivity contribution in [3.63, 3.8) is 0 Å². The highest BCUT2D eigenvalue weighted by Gasteiger charge is 1.91. The second-order valence-electron chi connectivity index (χ2n) is 2.98. The number of allylic oxidation sites excluding steroid dienone is 1. The summed E-state index contributed by atoms with van der Waals surface area (Å²) in [6, 6.07) is 0. The van der Waals surface area contributed by atoms with Crippen LogP contribution in [0.3, 0.4) is 0 Å². The molecule has 1 heteroatoms. The lowest BCUT2D eigenvalue weighted by Gasteiger charge is -1.83. The molecule has 12 heavy (non-hydrogen) atoms. The average Bonchev–Trinajstić information content (AvgIpc) is 2.30. The predicted molar refractivity (Wildman–Crippen MR) is 57.7 cm³/mol. The molecule has 0 saturated carbocycles. The quantitative estimate of drug-likeness (QED) is 0.618. The van der Waals surface area contributed by atoms with Crippen LogP contribution in [0.4, 0.5) is 0 Å². The third kappa shape index (κ3) is 1.86. The van der Waals surface area contributed by atoms with Crippen molar-refractivity contribution < 1.29 is 0 Å². The Morgan fingerprint density at radius 3 is 2.75 bits per heavy atom. The maximum atomic E-state index is 3.87. The van der Waals surface area contributed by atoms with E-state index < -0.39 is 0 Å². The molecule has 0 aromatic carbocycles. The molecule has 0 unspecified atom stereocenters. The van der Waals surface area contributed by atoms with E-state index in [2.05, 4.69) is 38.0 Å². The molecule has 0 radical (unpaired) electrons. The van der Waals surface area contributed by atoms with Gasteiger partial charge >= 0.3 is 0 Å². The number of hydrogen-bond acceptors (Lipinski definition) is 1. The topological polar surface area (TPSA) is 0 Å². The fraction of sp³-hybridized carbons (Fsp3) is 0.273. The van der Waals surface area contributed by atoms with Gasteiger partial charge in [-0.15, -0.1) is 11.3 Å². The van der Waals surface area contributed by atoms with Gasteiger partial charge in [0, 0.05) is 4.53 Å². The zero-order valence-electron chi connectivity index (χ0n) is 7.85. The summed E-state index contributed by atoms with van der Waals surface area (Å²) >= 11 is 1.78. The van der Waals surface area contributed by atoms with E-state index in [1.54, 1.807) is 11.3 Å². The molecule has 1 heterocycles. The summed E-state index contributed by atoms with van der Waals surface area (Å²) in [6.45, 7) is 10.1. The van der Waals surface area contributed by atoms with Crippen LogP contribution in [0.15, 0.2) is 17.5 Å². The largest absolute Gasteiger partial charge is 0.144 e. The standard InChI is InChI=1S/C11H14S/c1-5-10-9(4)7-12-11(10)6-8(2)3/h5-7H,2H2,1,3-4H3. The molecule has 0 atom stereocenters. The summed E-state index contributed by atoms with van der Waals surface area (Å²) in [5.74, 6) is 0. The Bertz CT molecular complexity index is 393. The minimum Gasteiger partial charge on any atom is -0.144 e. The van der Waals surface area contributed by atoms with Gasteiger partial charge in [0.15, 0.2) is 0 Å².